The summed E-state index contributed by atoms with van der Waals surface area (Å²) in [6.07, 6.45) is 12.4. The van der Waals surface area contributed by atoms with E-state index < -0.39 is 0 Å². The van der Waals surface area contributed by atoms with Crippen LogP contribution in [0.25, 0.3) is 0 Å². The molecule has 1 heteroatoms. The summed E-state index contributed by atoms with van der Waals surface area (Å²) in [4.78, 5) is 1.18. The van der Waals surface area contributed by atoms with Crippen LogP contribution in [-0.2, 0) is 5.41 Å². The molecule has 0 radical (unpaired) electrons. The Balaban J connectivity index is 2.12. The minimum atomic E-state index is 0.0296. The van der Waals surface area contributed by atoms with E-state index in [4.69, 9.17) is 0 Å². The Hall–Kier alpha value is -1.21. The average Bonchev–Trinajstić information content (AvgIpc) is 2.58. The summed E-state index contributed by atoms with van der Waals surface area (Å²) >= 11 is 4.57. The first-order chi connectivity index (χ1) is 7.78. The smallest absolute Gasteiger partial charge is 0.0357 e. The molecule has 0 aliphatic heterocycles. The van der Waals surface area contributed by atoms with Gasteiger partial charge in [-0.1, -0.05) is 60.7 Å². The molecule has 0 atom stereocenters. The van der Waals surface area contributed by atoms with Gasteiger partial charge in [0.2, 0.25) is 0 Å². The summed E-state index contributed by atoms with van der Waals surface area (Å²) in [7, 11) is 0. The minimum absolute atomic E-state index is 0.0296. The second-order valence-corrected chi connectivity index (χ2v) is 5.11. The number of hydrogen-bond acceptors (Lipinski definition) is 1. The highest BCUT2D eigenvalue weighted by Crippen LogP contribution is 2.41. The van der Waals surface area contributed by atoms with Crippen LogP contribution in [0.2, 0.25) is 0 Å². The van der Waals surface area contributed by atoms with E-state index in [2.05, 4.69) is 73.3 Å². The Morgan fingerprint density at radius 3 is 2.44 bits per heavy atom. The van der Waals surface area contributed by atoms with Crippen LogP contribution in [-0.4, -0.2) is 0 Å². The van der Waals surface area contributed by atoms with Gasteiger partial charge in [0, 0.05) is 11.3 Å². The highest BCUT2D eigenvalue weighted by atomic mass is 32.1. The van der Waals surface area contributed by atoms with E-state index >= 15 is 0 Å². The number of allylic oxidation sites excluding steroid dienone is 6. The lowest BCUT2D eigenvalue weighted by Gasteiger charge is -2.29. The number of hydrogen-bond donors (Lipinski definition) is 1. The lowest BCUT2D eigenvalue weighted by Crippen LogP contribution is -2.21. The van der Waals surface area contributed by atoms with E-state index in [9.17, 15) is 0 Å². The Bertz CT molecular complexity index is 465. The predicted molar refractivity (Wildman–Crippen MR) is 71.6 cm³/mol. The van der Waals surface area contributed by atoms with Crippen molar-refractivity contribution in [1.82, 2.24) is 0 Å². The maximum atomic E-state index is 4.57. The van der Waals surface area contributed by atoms with Gasteiger partial charge in [-0.05, 0) is 16.9 Å². The van der Waals surface area contributed by atoms with E-state index in [1.54, 1.807) is 0 Å². The Morgan fingerprint density at radius 2 is 1.75 bits per heavy atom. The molecular weight excluding hydrogens is 212 g/mol. The van der Waals surface area contributed by atoms with E-state index in [0.717, 1.165) is 6.42 Å². The first-order valence-electron chi connectivity index (χ1n) is 5.62. The van der Waals surface area contributed by atoms with Crippen LogP contribution in [0.3, 0.4) is 0 Å². The molecule has 3 aliphatic carbocycles. The molecule has 4 rings (SSSR count). The third kappa shape index (κ3) is 1.56. The van der Waals surface area contributed by atoms with E-state index in [0.29, 0.717) is 5.92 Å². The van der Waals surface area contributed by atoms with Gasteiger partial charge < -0.3 is 0 Å². The van der Waals surface area contributed by atoms with Gasteiger partial charge in [-0.3, -0.25) is 0 Å². The van der Waals surface area contributed by atoms with Crippen molar-refractivity contribution in [2.24, 2.45) is 5.92 Å². The molecule has 0 aromatic heterocycles. The molecule has 0 spiro atoms. The van der Waals surface area contributed by atoms with Crippen molar-refractivity contribution in [1.29, 1.82) is 0 Å². The van der Waals surface area contributed by atoms with Gasteiger partial charge in [0.1, 0.15) is 0 Å². The van der Waals surface area contributed by atoms with Gasteiger partial charge >= 0.3 is 0 Å². The van der Waals surface area contributed by atoms with Crippen molar-refractivity contribution in [3.8, 4) is 0 Å². The Morgan fingerprint density at radius 1 is 1.06 bits per heavy atom. The SMILES string of the molecule is SC1=CC2C=CC(c3ccccc3)(C=C2)C1. The van der Waals surface area contributed by atoms with Crippen molar-refractivity contribution in [3.63, 3.8) is 0 Å². The number of rotatable bonds is 1. The van der Waals surface area contributed by atoms with Gasteiger partial charge in [-0.15, -0.1) is 12.6 Å². The largest absolute Gasteiger partial charge is 0.148 e. The molecule has 16 heavy (non-hydrogen) atoms. The normalized spacial score (nSPS) is 31.3. The minimum Gasteiger partial charge on any atom is -0.148 e. The zero-order chi connectivity index (χ0) is 11.0. The Labute approximate surface area is 102 Å². The van der Waals surface area contributed by atoms with Crippen LogP contribution in [0.4, 0.5) is 0 Å². The van der Waals surface area contributed by atoms with Gasteiger partial charge in [0.15, 0.2) is 0 Å². The van der Waals surface area contributed by atoms with Crippen LogP contribution in [0.5, 0.6) is 0 Å². The fourth-order valence-electron chi connectivity index (χ4n) is 2.54. The molecule has 0 fully saturated rings. The number of thiol groups is 1. The second kappa shape index (κ2) is 3.67. The zero-order valence-electron chi connectivity index (χ0n) is 9.01. The van der Waals surface area contributed by atoms with Gasteiger partial charge in [-0.2, -0.15) is 0 Å². The fourth-order valence-corrected chi connectivity index (χ4v) is 2.97. The molecule has 1 aromatic rings. The lowest BCUT2D eigenvalue weighted by molar-refractivity contribution is 0.671. The van der Waals surface area contributed by atoms with E-state index in [1.165, 1.54) is 10.5 Å². The molecule has 2 bridgehead atoms. The molecule has 0 N–H and O–H groups in total. The third-order valence-corrected chi connectivity index (χ3v) is 3.71. The quantitative estimate of drug-likeness (QED) is 0.545. The molecule has 80 valence electrons. The lowest BCUT2D eigenvalue weighted by atomic mass is 9.75. The second-order valence-electron chi connectivity index (χ2n) is 4.54. The summed E-state index contributed by atoms with van der Waals surface area (Å²) in [6.45, 7) is 0. The Kier molecular flexibility index (Phi) is 2.29. The van der Waals surface area contributed by atoms with Crippen LogP contribution in [0.15, 0.2) is 65.6 Å². The maximum Gasteiger partial charge on any atom is 0.0357 e. The molecule has 1 aromatic carbocycles. The first-order valence-corrected chi connectivity index (χ1v) is 6.07. The summed E-state index contributed by atoms with van der Waals surface area (Å²) < 4.78 is 0. The van der Waals surface area contributed by atoms with Crippen LogP contribution in [0.1, 0.15) is 12.0 Å². The van der Waals surface area contributed by atoms with Crippen LogP contribution in [0, 0.1) is 5.92 Å². The van der Waals surface area contributed by atoms with E-state index in [1.807, 2.05) is 0 Å². The van der Waals surface area contributed by atoms with Crippen molar-refractivity contribution >= 4 is 12.6 Å². The zero-order valence-corrected chi connectivity index (χ0v) is 9.90. The van der Waals surface area contributed by atoms with Gasteiger partial charge in [0.05, 0.1) is 0 Å². The molecule has 0 amide bonds. The average molecular weight is 226 g/mol. The van der Waals surface area contributed by atoms with E-state index in [-0.39, 0.29) is 5.41 Å². The van der Waals surface area contributed by atoms with Crippen LogP contribution >= 0.6 is 12.6 Å². The monoisotopic (exact) mass is 226 g/mol. The fraction of sp³-hybridized carbons (Fsp3) is 0.200. The molecule has 0 nitrogen and oxygen atoms in total. The summed E-state index contributed by atoms with van der Waals surface area (Å²) in [5, 5.41) is 0. The number of benzene rings is 1. The van der Waals surface area contributed by atoms with Gasteiger partial charge in [-0.25, -0.2) is 0 Å². The summed E-state index contributed by atoms with van der Waals surface area (Å²) in [6, 6.07) is 10.7. The summed E-state index contributed by atoms with van der Waals surface area (Å²) in [5.74, 6) is 0.437. The predicted octanol–water partition coefficient (Wildman–Crippen LogP) is 3.88. The highest BCUT2D eigenvalue weighted by Gasteiger charge is 2.31. The molecule has 0 heterocycles. The van der Waals surface area contributed by atoms with Crippen molar-refractivity contribution < 1.29 is 0 Å². The molecule has 0 unspecified atom stereocenters. The topological polar surface area (TPSA) is 0 Å². The van der Waals surface area contributed by atoms with Crippen molar-refractivity contribution in [2.45, 2.75) is 11.8 Å². The van der Waals surface area contributed by atoms with Crippen molar-refractivity contribution in [3.05, 3.63) is 71.2 Å². The third-order valence-electron chi connectivity index (χ3n) is 3.40. The highest BCUT2D eigenvalue weighted by molar-refractivity contribution is 7.84. The standard InChI is InChI=1S/C15H14S/c16-14-10-12-6-8-15(11-14,9-7-12)13-4-2-1-3-5-13/h1-10,12,16H,11H2. The maximum absolute atomic E-state index is 4.57. The molecule has 3 aliphatic rings. The van der Waals surface area contributed by atoms with Gasteiger partial charge in [0.25, 0.3) is 0 Å². The van der Waals surface area contributed by atoms with Crippen molar-refractivity contribution in [2.75, 3.05) is 0 Å². The van der Waals surface area contributed by atoms with Crippen LogP contribution < -0.4 is 0 Å². The first kappa shape index (κ1) is 9.98. The number of fused-ring (bicyclic) bond motifs is 1. The molecule has 0 saturated carbocycles. The molecule has 0 saturated heterocycles. The molecular formula is C15H14S. The summed E-state index contributed by atoms with van der Waals surface area (Å²) in [5.41, 5.74) is 1.38.